The maximum absolute atomic E-state index is 10.7. The van der Waals surface area contributed by atoms with Gasteiger partial charge in [-0.2, -0.15) is 0 Å². The van der Waals surface area contributed by atoms with Gasteiger partial charge >= 0.3 is 0 Å². The molecule has 1 fully saturated rings. The van der Waals surface area contributed by atoms with E-state index in [1.807, 2.05) is 0 Å². The van der Waals surface area contributed by atoms with Crippen LogP contribution >= 0.6 is 27.7 Å². The third kappa shape index (κ3) is 3.92. The summed E-state index contributed by atoms with van der Waals surface area (Å²) >= 11 is 5.38. The highest BCUT2D eigenvalue weighted by atomic mass is 79.9. The summed E-state index contributed by atoms with van der Waals surface area (Å²) in [7, 11) is 0. The number of aryl methyl sites for hydroxylation is 2. The van der Waals surface area contributed by atoms with Crippen LogP contribution in [-0.4, -0.2) is 31.2 Å². The Morgan fingerprint density at radius 3 is 2.42 bits per heavy atom. The highest BCUT2D eigenvalue weighted by Gasteiger charge is 2.19. The Balaban J connectivity index is 1.87. The molecule has 126 valence electrons. The molecule has 1 aliphatic heterocycles. The molecular formula is C18H20BrN3OS. The van der Waals surface area contributed by atoms with E-state index in [0.717, 1.165) is 17.6 Å². The normalized spacial score (nSPS) is 14.8. The van der Waals surface area contributed by atoms with Crippen LogP contribution in [0.4, 0.5) is 5.69 Å². The van der Waals surface area contributed by atoms with Crippen molar-refractivity contribution in [2.24, 2.45) is 5.29 Å². The van der Waals surface area contributed by atoms with Crippen LogP contribution in [0, 0.1) is 18.8 Å². The van der Waals surface area contributed by atoms with E-state index in [1.165, 1.54) is 26.6 Å². The minimum atomic E-state index is 0.674. The quantitative estimate of drug-likeness (QED) is 0.668. The maximum atomic E-state index is 10.7. The minimum Gasteiger partial charge on any atom is -0.367 e. The fourth-order valence-corrected chi connectivity index (χ4v) is 4.47. The van der Waals surface area contributed by atoms with Crippen molar-refractivity contribution in [3.8, 4) is 0 Å². The summed E-state index contributed by atoms with van der Waals surface area (Å²) in [5.74, 6) is 0. The molecule has 0 atom stereocenters. The summed E-state index contributed by atoms with van der Waals surface area (Å²) in [6.07, 6.45) is 0. The number of hydrogen-bond acceptors (Lipinski definition) is 4. The molecule has 6 heteroatoms. The lowest BCUT2D eigenvalue weighted by Gasteiger charge is -2.34. The molecule has 0 spiro atoms. The minimum absolute atomic E-state index is 0.674. The summed E-state index contributed by atoms with van der Waals surface area (Å²) in [5.41, 5.74) is 3.79. The van der Waals surface area contributed by atoms with E-state index in [2.05, 4.69) is 76.4 Å². The van der Waals surface area contributed by atoms with Crippen LogP contribution in [0.2, 0.25) is 0 Å². The third-order valence-electron chi connectivity index (χ3n) is 4.18. The first-order valence-electron chi connectivity index (χ1n) is 7.94. The van der Waals surface area contributed by atoms with E-state index in [0.29, 0.717) is 13.1 Å². The first-order chi connectivity index (χ1) is 11.6. The Labute approximate surface area is 155 Å². The van der Waals surface area contributed by atoms with Crippen LogP contribution in [0.5, 0.6) is 0 Å². The standard InChI is InChI=1S/C18H20BrN3OS/c1-13-3-6-17(14(2)11-13)24-18-12-15(19)4-5-16(18)21-7-9-22(20-23)10-8-21/h3-6,11-12H,7-10H2,1-2H3. The van der Waals surface area contributed by atoms with E-state index < -0.39 is 0 Å². The number of benzene rings is 2. The predicted octanol–water partition coefficient (Wildman–Crippen LogP) is 5.02. The summed E-state index contributed by atoms with van der Waals surface area (Å²) in [5, 5.41) is 4.63. The highest BCUT2D eigenvalue weighted by Crippen LogP contribution is 2.39. The fourth-order valence-electron chi connectivity index (χ4n) is 2.88. The number of halogens is 1. The second-order valence-electron chi connectivity index (χ2n) is 6.01. The van der Waals surface area contributed by atoms with E-state index >= 15 is 0 Å². The van der Waals surface area contributed by atoms with Crippen molar-refractivity contribution in [1.29, 1.82) is 0 Å². The average Bonchev–Trinajstić information content (AvgIpc) is 2.58. The molecule has 3 rings (SSSR count). The van der Waals surface area contributed by atoms with Crippen LogP contribution in [0.15, 0.2) is 55.9 Å². The average molecular weight is 406 g/mol. The lowest BCUT2D eigenvalue weighted by molar-refractivity contribution is 0.266. The van der Waals surface area contributed by atoms with Crippen molar-refractivity contribution in [2.45, 2.75) is 23.6 Å². The van der Waals surface area contributed by atoms with E-state index in [1.54, 1.807) is 16.8 Å². The molecule has 0 N–H and O–H groups in total. The zero-order valence-corrected chi connectivity index (χ0v) is 16.2. The molecule has 1 saturated heterocycles. The first-order valence-corrected chi connectivity index (χ1v) is 9.55. The topological polar surface area (TPSA) is 35.9 Å². The van der Waals surface area contributed by atoms with Crippen molar-refractivity contribution in [2.75, 3.05) is 31.1 Å². The van der Waals surface area contributed by atoms with E-state index in [4.69, 9.17) is 0 Å². The van der Waals surface area contributed by atoms with E-state index in [-0.39, 0.29) is 0 Å². The van der Waals surface area contributed by atoms with Gasteiger partial charge in [0.05, 0.1) is 24.1 Å². The Hall–Kier alpha value is -1.53. The molecule has 0 aromatic heterocycles. The largest absolute Gasteiger partial charge is 0.367 e. The van der Waals surface area contributed by atoms with Crippen molar-refractivity contribution < 1.29 is 0 Å². The van der Waals surface area contributed by atoms with Crippen molar-refractivity contribution in [3.63, 3.8) is 0 Å². The zero-order chi connectivity index (χ0) is 17.1. The van der Waals surface area contributed by atoms with Gasteiger partial charge in [0.1, 0.15) is 0 Å². The maximum Gasteiger partial charge on any atom is 0.0568 e. The Bertz CT molecular complexity index is 745. The van der Waals surface area contributed by atoms with Crippen LogP contribution < -0.4 is 4.90 Å². The number of piperazine rings is 1. The van der Waals surface area contributed by atoms with Gasteiger partial charge in [0, 0.05) is 27.4 Å². The van der Waals surface area contributed by atoms with E-state index in [9.17, 15) is 4.91 Å². The third-order valence-corrected chi connectivity index (χ3v) is 5.90. The van der Waals surface area contributed by atoms with Crippen LogP contribution in [-0.2, 0) is 0 Å². The monoisotopic (exact) mass is 405 g/mol. The van der Waals surface area contributed by atoms with Crippen molar-refractivity contribution in [1.82, 2.24) is 5.01 Å². The molecule has 0 amide bonds. The van der Waals surface area contributed by atoms with Gasteiger partial charge in [-0.25, -0.2) is 0 Å². The second-order valence-corrected chi connectivity index (χ2v) is 8.00. The van der Waals surface area contributed by atoms with Crippen LogP contribution in [0.25, 0.3) is 0 Å². The van der Waals surface area contributed by atoms with Gasteiger partial charge < -0.3 is 4.90 Å². The van der Waals surface area contributed by atoms with Gasteiger partial charge in [-0.1, -0.05) is 45.4 Å². The summed E-state index contributed by atoms with van der Waals surface area (Å²) in [4.78, 5) is 15.5. The molecule has 0 bridgehead atoms. The van der Waals surface area contributed by atoms with Crippen molar-refractivity contribution >= 4 is 33.4 Å². The number of nitroso groups, excluding NO2 is 1. The van der Waals surface area contributed by atoms with Gasteiger partial charge in [-0.05, 0) is 43.7 Å². The number of nitrogens with zero attached hydrogens (tertiary/aromatic N) is 3. The van der Waals surface area contributed by atoms with Gasteiger partial charge in [-0.3, -0.25) is 5.01 Å². The smallest absolute Gasteiger partial charge is 0.0568 e. The number of hydrogen-bond donors (Lipinski definition) is 0. The first kappa shape index (κ1) is 17.3. The molecule has 0 radical (unpaired) electrons. The zero-order valence-electron chi connectivity index (χ0n) is 13.8. The molecule has 0 saturated carbocycles. The Kier molecular flexibility index (Phi) is 5.46. The second kappa shape index (κ2) is 7.57. The van der Waals surface area contributed by atoms with Gasteiger partial charge in [0.2, 0.25) is 0 Å². The molecule has 24 heavy (non-hydrogen) atoms. The number of rotatable bonds is 4. The molecule has 4 nitrogen and oxygen atoms in total. The molecule has 1 aliphatic rings. The van der Waals surface area contributed by atoms with Gasteiger partial charge in [0.15, 0.2) is 0 Å². The lowest BCUT2D eigenvalue weighted by Crippen LogP contribution is -2.44. The van der Waals surface area contributed by atoms with Crippen LogP contribution in [0.3, 0.4) is 0 Å². The molecular weight excluding hydrogens is 386 g/mol. The van der Waals surface area contributed by atoms with Crippen molar-refractivity contribution in [3.05, 3.63) is 56.9 Å². The fraction of sp³-hybridized carbons (Fsp3) is 0.333. The van der Waals surface area contributed by atoms with Gasteiger partial charge in [0.25, 0.3) is 0 Å². The molecule has 2 aromatic rings. The molecule has 2 aromatic carbocycles. The molecule has 0 unspecified atom stereocenters. The summed E-state index contributed by atoms with van der Waals surface area (Å²) in [6.45, 7) is 7.25. The van der Waals surface area contributed by atoms with Crippen LogP contribution in [0.1, 0.15) is 11.1 Å². The highest BCUT2D eigenvalue weighted by molar-refractivity contribution is 9.10. The summed E-state index contributed by atoms with van der Waals surface area (Å²) < 4.78 is 1.08. The predicted molar refractivity (Wildman–Crippen MR) is 104 cm³/mol. The lowest BCUT2D eigenvalue weighted by atomic mass is 10.2. The molecule has 1 heterocycles. The summed E-state index contributed by atoms with van der Waals surface area (Å²) in [6, 6.07) is 13.0. The molecule has 0 aliphatic carbocycles. The Morgan fingerprint density at radius 1 is 1.00 bits per heavy atom. The Morgan fingerprint density at radius 2 is 1.75 bits per heavy atom. The number of anilines is 1. The SMILES string of the molecule is Cc1ccc(Sc2cc(Br)ccc2N2CCN(N=O)CC2)c(C)c1. The van der Waals surface area contributed by atoms with Gasteiger partial charge in [-0.15, -0.1) is 4.91 Å².